The van der Waals surface area contributed by atoms with Crippen LogP contribution in [-0.2, 0) is 6.42 Å². The molecule has 3 aromatic carbocycles. The summed E-state index contributed by atoms with van der Waals surface area (Å²) < 4.78 is 0. The summed E-state index contributed by atoms with van der Waals surface area (Å²) in [4.78, 5) is 0. The van der Waals surface area contributed by atoms with Gasteiger partial charge >= 0.3 is 0 Å². The van der Waals surface area contributed by atoms with Crippen molar-refractivity contribution in [2.45, 2.75) is 45.4 Å². The molecule has 0 N–H and O–H groups in total. The molecular formula is C23H24. The molecule has 0 fully saturated rings. The van der Waals surface area contributed by atoms with Crippen LogP contribution in [0.5, 0.6) is 0 Å². The highest BCUT2D eigenvalue weighted by atomic mass is 14.2. The number of hydrogen-bond acceptors (Lipinski definition) is 0. The Balaban J connectivity index is 2.12. The fourth-order valence-corrected chi connectivity index (χ4v) is 4.09. The Morgan fingerprint density at radius 2 is 1.48 bits per heavy atom. The molecule has 0 heteroatoms. The number of benzene rings is 3. The maximum absolute atomic E-state index is 2.48. The molecule has 0 unspecified atom stereocenters. The van der Waals surface area contributed by atoms with E-state index in [1.807, 2.05) is 0 Å². The lowest BCUT2D eigenvalue weighted by Crippen LogP contribution is -1.98. The molecule has 0 nitrogen and oxygen atoms in total. The first kappa shape index (κ1) is 14.5. The van der Waals surface area contributed by atoms with Crippen molar-refractivity contribution in [3.8, 4) is 0 Å². The zero-order valence-electron chi connectivity index (χ0n) is 13.9. The van der Waals surface area contributed by atoms with Gasteiger partial charge in [-0.25, -0.2) is 0 Å². The third-order valence-corrected chi connectivity index (χ3v) is 5.18. The summed E-state index contributed by atoms with van der Waals surface area (Å²) in [6, 6.07) is 18.0. The van der Waals surface area contributed by atoms with Gasteiger partial charge in [0.2, 0.25) is 0 Å². The fourth-order valence-electron chi connectivity index (χ4n) is 4.09. The Kier molecular flexibility index (Phi) is 3.91. The predicted molar refractivity (Wildman–Crippen MR) is 102 cm³/mol. The summed E-state index contributed by atoms with van der Waals surface area (Å²) in [6.45, 7) is 2.29. The van der Waals surface area contributed by atoms with Crippen molar-refractivity contribution in [3.05, 3.63) is 65.7 Å². The summed E-state index contributed by atoms with van der Waals surface area (Å²) in [5.74, 6) is 0. The molecule has 0 saturated carbocycles. The van der Waals surface area contributed by atoms with Gasteiger partial charge in [-0.05, 0) is 70.3 Å². The summed E-state index contributed by atoms with van der Waals surface area (Å²) >= 11 is 0. The van der Waals surface area contributed by atoms with Crippen LogP contribution in [0.1, 0.15) is 50.2 Å². The first-order chi connectivity index (χ1) is 11.4. The smallest absolute Gasteiger partial charge is 0.00991 e. The maximum Gasteiger partial charge on any atom is -0.00991 e. The summed E-state index contributed by atoms with van der Waals surface area (Å²) in [6.07, 6.45) is 9.97. The predicted octanol–water partition coefficient (Wildman–Crippen LogP) is 6.90. The van der Waals surface area contributed by atoms with E-state index in [4.69, 9.17) is 0 Å². The van der Waals surface area contributed by atoms with Crippen molar-refractivity contribution < 1.29 is 0 Å². The summed E-state index contributed by atoms with van der Waals surface area (Å²) in [5, 5.41) is 5.73. The second kappa shape index (κ2) is 6.20. The van der Waals surface area contributed by atoms with Gasteiger partial charge in [0.15, 0.2) is 0 Å². The van der Waals surface area contributed by atoms with Crippen molar-refractivity contribution >= 4 is 27.1 Å². The van der Waals surface area contributed by atoms with E-state index >= 15 is 0 Å². The SMILES string of the molecule is CCCCc1c(C2=CCCC2)c2ccccc2c2ccccc12. The summed E-state index contributed by atoms with van der Waals surface area (Å²) in [7, 11) is 0. The number of unbranched alkanes of at least 4 members (excludes halogenated alkanes) is 1. The molecule has 0 atom stereocenters. The molecule has 0 aromatic heterocycles. The zero-order valence-corrected chi connectivity index (χ0v) is 13.9. The lowest BCUT2D eigenvalue weighted by molar-refractivity contribution is 0.798. The Morgan fingerprint density at radius 1 is 0.826 bits per heavy atom. The molecule has 0 heterocycles. The van der Waals surface area contributed by atoms with Crippen molar-refractivity contribution in [1.29, 1.82) is 0 Å². The van der Waals surface area contributed by atoms with E-state index < -0.39 is 0 Å². The number of allylic oxidation sites excluding steroid dienone is 2. The van der Waals surface area contributed by atoms with Gasteiger partial charge < -0.3 is 0 Å². The molecule has 0 amide bonds. The monoisotopic (exact) mass is 300 g/mol. The van der Waals surface area contributed by atoms with Crippen LogP contribution < -0.4 is 0 Å². The first-order valence-electron chi connectivity index (χ1n) is 9.02. The molecule has 0 spiro atoms. The van der Waals surface area contributed by atoms with Crippen molar-refractivity contribution in [1.82, 2.24) is 0 Å². The lowest BCUT2D eigenvalue weighted by Gasteiger charge is -2.18. The van der Waals surface area contributed by atoms with Gasteiger partial charge in [-0.2, -0.15) is 0 Å². The van der Waals surface area contributed by atoms with Crippen molar-refractivity contribution in [2.75, 3.05) is 0 Å². The lowest BCUT2D eigenvalue weighted by atomic mass is 9.85. The van der Waals surface area contributed by atoms with Gasteiger partial charge in [0.05, 0.1) is 0 Å². The van der Waals surface area contributed by atoms with Crippen LogP contribution >= 0.6 is 0 Å². The van der Waals surface area contributed by atoms with E-state index in [2.05, 4.69) is 61.5 Å². The number of fused-ring (bicyclic) bond motifs is 3. The second-order valence-corrected chi connectivity index (χ2v) is 6.67. The third-order valence-electron chi connectivity index (χ3n) is 5.18. The molecule has 4 rings (SSSR count). The zero-order chi connectivity index (χ0) is 15.6. The van der Waals surface area contributed by atoms with Gasteiger partial charge in [0, 0.05) is 0 Å². The molecule has 1 aliphatic rings. The molecule has 0 radical (unpaired) electrons. The van der Waals surface area contributed by atoms with Crippen LogP contribution in [0.3, 0.4) is 0 Å². The maximum atomic E-state index is 2.48. The molecular weight excluding hydrogens is 276 g/mol. The van der Waals surface area contributed by atoms with Gasteiger partial charge in [-0.1, -0.05) is 68.0 Å². The molecule has 23 heavy (non-hydrogen) atoms. The van der Waals surface area contributed by atoms with E-state index in [0.717, 1.165) is 0 Å². The van der Waals surface area contributed by atoms with Crippen LogP contribution in [0.2, 0.25) is 0 Å². The third kappa shape index (κ3) is 2.47. The van der Waals surface area contributed by atoms with Crippen LogP contribution in [-0.4, -0.2) is 0 Å². The van der Waals surface area contributed by atoms with Gasteiger partial charge in [-0.15, -0.1) is 0 Å². The Morgan fingerprint density at radius 3 is 2.13 bits per heavy atom. The minimum atomic E-state index is 1.19. The molecule has 0 bridgehead atoms. The van der Waals surface area contributed by atoms with E-state index in [1.54, 1.807) is 16.7 Å². The van der Waals surface area contributed by atoms with Crippen LogP contribution in [0.25, 0.3) is 27.1 Å². The Hall–Kier alpha value is -2.08. The standard InChI is InChI=1S/C23H24/c1-2-3-12-21-19-14-7-6-13-18(19)20-15-8-9-16-22(20)23(21)17-10-4-5-11-17/h6-10,13-16H,2-5,11-12H2,1H3. The van der Waals surface area contributed by atoms with Gasteiger partial charge in [0.25, 0.3) is 0 Å². The quantitative estimate of drug-likeness (QED) is 0.459. The van der Waals surface area contributed by atoms with Crippen LogP contribution in [0, 0.1) is 0 Å². The first-order valence-corrected chi connectivity index (χ1v) is 9.02. The van der Waals surface area contributed by atoms with E-state index in [1.165, 1.54) is 60.1 Å². The fraction of sp³-hybridized carbons (Fsp3) is 0.304. The number of rotatable bonds is 4. The minimum Gasteiger partial charge on any atom is -0.0807 e. The van der Waals surface area contributed by atoms with E-state index in [0.29, 0.717) is 0 Å². The highest BCUT2D eigenvalue weighted by Gasteiger charge is 2.18. The molecule has 3 aromatic rings. The van der Waals surface area contributed by atoms with Crippen LogP contribution in [0.4, 0.5) is 0 Å². The van der Waals surface area contributed by atoms with Crippen molar-refractivity contribution in [3.63, 3.8) is 0 Å². The highest BCUT2D eigenvalue weighted by molar-refractivity contribution is 6.13. The molecule has 0 saturated heterocycles. The van der Waals surface area contributed by atoms with Gasteiger partial charge in [-0.3, -0.25) is 0 Å². The molecule has 1 aliphatic carbocycles. The van der Waals surface area contributed by atoms with Crippen LogP contribution in [0.15, 0.2) is 54.6 Å². The van der Waals surface area contributed by atoms with Crippen molar-refractivity contribution in [2.24, 2.45) is 0 Å². The molecule has 0 aliphatic heterocycles. The Bertz CT molecular complexity index is 883. The Labute approximate surface area is 138 Å². The average Bonchev–Trinajstić information content (AvgIpc) is 3.13. The number of hydrogen-bond donors (Lipinski definition) is 0. The van der Waals surface area contributed by atoms with Gasteiger partial charge in [0.1, 0.15) is 0 Å². The normalized spacial score (nSPS) is 14.6. The van der Waals surface area contributed by atoms with E-state index in [-0.39, 0.29) is 0 Å². The number of aryl methyl sites for hydroxylation is 1. The highest BCUT2D eigenvalue weighted by Crippen LogP contribution is 2.40. The second-order valence-electron chi connectivity index (χ2n) is 6.67. The van der Waals surface area contributed by atoms with E-state index in [9.17, 15) is 0 Å². The minimum absolute atomic E-state index is 1.19. The average molecular weight is 300 g/mol. The topological polar surface area (TPSA) is 0 Å². The largest absolute Gasteiger partial charge is 0.0807 e. The molecule has 116 valence electrons. The summed E-state index contributed by atoms with van der Waals surface area (Å²) in [5.41, 5.74) is 4.71.